The van der Waals surface area contributed by atoms with Gasteiger partial charge in [-0.25, -0.2) is 9.18 Å². The zero-order valence-electron chi connectivity index (χ0n) is 11.2. The van der Waals surface area contributed by atoms with Crippen LogP contribution in [-0.2, 0) is 4.74 Å². The molecule has 0 spiro atoms. The Kier molecular flexibility index (Phi) is 4.40. The molecular weight excluding hydrogens is 245 g/mol. The highest BCUT2D eigenvalue weighted by Crippen LogP contribution is 2.29. The Labute approximate surface area is 112 Å². The Morgan fingerprint density at radius 2 is 2.05 bits per heavy atom. The monoisotopic (exact) mass is 265 g/mol. The summed E-state index contributed by atoms with van der Waals surface area (Å²) in [4.78, 5) is 11.9. The van der Waals surface area contributed by atoms with Crippen LogP contribution in [0.5, 0.6) is 0 Å². The molecule has 0 heterocycles. The lowest BCUT2D eigenvalue weighted by atomic mass is 9.86. The van der Waals surface area contributed by atoms with Gasteiger partial charge in [0.2, 0.25) is 0 Å². The van der Waals surface area contributed by atoms with E-state index in [1.807, 2.05) is 0 Å². The molecule has 104 valence electrons. The number of carbonyl (C=O) groups is 1. The number of anilines is 1. The number of nitrogens with two attached hydrogens (primary N) is 1. The normalized spacial score (nSPS) is 23.1. The molecule has 19 heavy (non-hydrogen) atoms. The van der Waals surface area contributed by atoms with Gasteiger partial charge >= 0.3 is 5.97 Å². The maximum atomic E-state index is 13.5. The molecule has 1 fully saturated rings. The zero-order chi connectivity index (χ0) is 13.8. The lowest BCUT2D eigenvalue weighted by Gasteiger charge is -2.27. The SMILES string of the molecule is CCC1CCC(OC(=O)c2cc(N)ccc2F)CC1. The van der Waals surface area contributed by atoms with Crippen molar-refractivity contribution in [3.8, 4) is 0 Å². The molecule has 2 rings (SSSR count). The van der Waals surface area contributed by atoms with E-state index in [1.165, 1.54) is 24.6 Å². The van der Waals surface area contributed by atoms with E-state index in [9.17, 15) is 9.18 Å². The third-order valence-electron chi connectivity index (χ3n) is 3.86. The minimum atomic E-state index is -0.607. The van der Waals surface area contributed by atoms with Gasteiger partial charge in [-0.3, -0.25) is 0 Å². The average molecular weight is 265 g/mol. The fourth-order valence-corrected chi connectivity index (χ4v) is 2.57. The highest BCUT2D eigenvalue weighted by atomic mass is 19.1. The van der Waals surface area contributed by atoms with Crippen LogP contribution in [0.1, 0.15) is 49.4 Å². The molecule has 1 aromatic rings. The number of ether oxygens (including phenoxy) is 1. The highest BCUT2D eigenvalue weighted by molar-refractivity contribution is 5.90. The van der Waals surface area contributed by atoms with Gasteiger partial charge in [0.1, 0.15) is 11.9 Å². The molecule has 0 saturated heterocycles. The molecule has 0 radical (unpaired) electrons. The van der Waals surface area contributed by atoms with Crippen LogP contribution in [0.2, 0.25) is 0 Å². The van der Waals surface area contributed by atoms with E-state index in [0.717, 1.165) is 31.6 Å². The van der Waals surface area contributed by atoms with E-state index in [4.69, 9.17) is 10.5 Å². The van der Waals surface area contributed by atoms with Crippen molar-refractivity contribution in [1.82, 2.24) is 0 Å². The molecule has 2 N–H and O–H groups in total. The topological polar surface area (TPSA) is 52.3 Å². The van der Waals surface area contributed by atoms with Gasteiger partial charge in [-0.1, -0.05) is 13.3 Å². The smallest absolute Gasteiger partial charge is 0.341 e. The van der Waals surface area contributed by atoms with E-state index < -0.39 is 11.8 Å². The average Bonchev–Trinajstić information content (AvgIpc) is 2.42. The highest BCUT2D eigenvalue weighted by Gasteiger charge is 2.24. The molecule has 1 saturated carbocycles. The lowest BCUT2D eigenvalue weighted by Crippen LogP contribution is -2.24. The Balaban J connectivity index is 1.96. The fraction of sp³-hybridized carbons (Fsp3) is 0.533. The van der Waals surface area contributed by atoms with E-state index >= 15 is 0 Å². The number of benzene rings is 1. The number of hydrogen-bond acceptors (Lipinski definition) is 3. The van der Waals surface area contributed by atoms with Crippen LogP contribution in [0.4, 0.5) is 10.1 Å². The summed E-state index contributed by atoms with van der Waals surface area (Å²) >= 11 is 0. The van der Waals surface area contributed by atoms with Crippen LogP contribution in [0, 0.1) is 11.7 Å². The van der Waals surface area contributed by atoms with Crippen molar-refractivity contribution in [2.45, 2.75) is 45.1 Å². The Morgan fingerprint density at radius 1 is 1.37 bits per heavy atom. The molecule has 1 aliphatic rings. The second kappa shape index (κ2) is 6.04. The standard InChI is InChI=1S/C15H20FNO2/c1-2-10-3-6-12(7-4-10)19-15(18)13-9-11(17)5-8-14(13)16/h5,8-10,12H,2-4,6-7,17H2,1H3. The summed E-state index contributed by atoms with van der Waals surface area (Å²) in [6.45, 7) is 2.18. The Hall–Kier alpha value is -1.58. The largest absolute Gasteiger partial charge is 0.459 e. The molecule has 0 bridgehead atoms. The van der Waals surface area contributed by atoms with Crippen molar-refractivity contribution in [2.75, 3.05) is 5.73 Å². The minimum Gasteiger partial charge on any atom is -0.459 e. The van der Waals surface area contributed by atoms with Crippen LogP contribution in [0.15, 0.2) is 18.2 Å². The van der Waals surface area contributed by atoms with Crippen LogP contribution < -0.4 is 5.73 Å². The van der Waals surface area contributed by atoms with Crippen molar-refractivity contribution in [2.24, 2.45) is 5.92 Å². The molecule has 0 aliphatic heterocycles. The van der Waals surface area contributed by atoms with Gasteiger partial charge in [0.25, 0.3) is 0 Å². The predicted molar refractivity (Wildman–Crippen MR) is 72.3 cm³/mol. The van der Waals surface area contributed by atoms with E-state index in [1.54, 1.807) is 0 Å². The quantitative estimate of drug-likeness (QED) is 0.672. The molecule has 4 heteroatoms. The van der Waals surface area contributed by atoms with Gasteiger partial charge in [-0.05, 0) is 49.8 Å². The van der Waals surface area contributed by atoms with E-state index in [2.05, 4.69) is 6.92 Å². The van der Waals surface area contributed by atoms with E-state index in [-0.39, 0.29) is 11.7 Å². The summed E-state index contributed by atoms with van der Waals surface area (Å²) in [5, 5.41) is 0. The summed E-state index contributed by atoms with van der Waals surface area (Å²) in [5.41, 5.74) is 5.85. The molecule has 3 nitrogen and oxygen atoms in total. The third kappa shape index (κ3) is 3.46. The Morgan fingerprint density at radius 3 is 2.68 bits per heavy atom. The van der Waals surface area contributed by atoms with Crippen molar-refractivity contribution < 1.29 is 13.9 Å². The molecular formula is C15H20FNO2. The second-order valence-corrected chi connectivity index (χ2v) is 5.20. The zero-order valence-corrected chi connectivity index (χ0v) is 11.2. The number of carbonyl (C=O) groups excluding carboxylic acids is 1. The molecule has 1 aromatic carbocycles. The van der Waals surface area contributed by atoms with Gasteiger partial charge in [0.05, 0.1) is 5.56 Å². The number of rotatable bonds is 3. The number of hydrogen-bond donors (Lipinski definition) is 1. The van der Waals surface area contributed by atoms with Crippen LogP contribution >= 0.6 is 0 Å². The fourth-order valence-electron chi connectivity index (χ4n) is 2.57. The first-order chi connectivity index (χ1) is 9.10. The first kappa shape index (κ1) is 13.8. The van der Waals surface area contributed by atoms with Crippen LogP contribution in [0.25, 0.3) is 0 Å². The van der Waals surface area contributed by atoms with Crippen molar-refractivity contribution in [3.05, 3.63) is 29.6 Å². The summed E-state index contributed by atoms with van der Waals surface area (Å²) in [5.74, 6) is -0.453. The van der Waals surface area contributed by atoms with Crippen molar-refractivity contribution in [3.63, 3.8) is 0 Å². The van der Waals surface area contributed by atoms with Gasteiger partial charge in [0.15, 0.2) is 0 Å². The second-order valence-electron chi connectivity index (χ2n) is 5.20. The van der Waals surface area contributed by atoms with Gasteiger partial charge in [-0.2, -0.15) is 0 Å². The van der Waals surface area contributed by atoms with Gasteiger partial charge in [0, 0.05) is 5.69 Å². The summed E-state index contributed by atoms with van der Waals surface area (Å²) in [6, 6.07) is 3.95. The molecule has 0 atom stereocenters. The molecule has 0 amide bonds. The lowest BCUT2D eigenvalue weighted by molar-refractivity contribution is 0.0159. The van der Waals surface area contributed by atoms with Crippen LogP contribution in [0.3, 0.4) is 0 Å². The van der Waals surface area contributed by atoms with Crippen molar-refractivity contribution >= 4 is 11.7 Å². The maximum absolute atomic E-state index is 13.5. The number of halogens is 1. The molecule has 0 aromatic heterocycles. The number of nitrogen functional groups attached to an aromatic ring is 1. The molecule has 0 unspecified atom stereocenters. The first-order valence-corrected chi connectivity index (χ1v) is 6.86. The van der Waals surface area contributed by atoms with Gasteiger partial charge in [-0.15, -0.1) is 0 Å². The first-order valence-electron chi connectivity index (χ1n) is 6.86. The minimum absolute atomic E-state index is 0.0717. The summed E-state index contributed by atoms with van der Waals surface area (Å²) in [6.07, 6.45) is 4.98. The third-order valence-corrected chi connectivity index (χ3v) is 3.86. The van der Waals surface area contributed by atoms with Crippen molar-refractivity contribution in [1.29, 1.82) is 0 Å². The molecule has 1 aliphatic carbocycles. The summed E-state index contributed by atoms with van der Waals surface area (Å²) < 4.78 is 18.9. The Bertz CT molecular complexity index is 453. The number of esters is 1. The predicted octanol–water partition coefficient (Wildman–Crippen LogP) is 3.53. The van der Waals surface area contributed by atoms with Gasteiger partial charge < -0.3 is 10.5 Å². The van der Waals surface area contributed by atoms with E-state index in [0.29, 0.717) is 5.69 Å². The maximum Gasteiger partial charge on any atom is 0.341 e. The summed E-state index contributed by atoms with van der Waals surface area (Å²) in [7, 11) is 0. The van der Waals surface area contributed by atoms with Crippen LogP contribution in [-0.4, -0.2) is 12.1 Å².